The van der Waals surface area contributed by atoms with Gasteiger partial charge in [-0.25, -0.2) is 18.9 Å². The molecule has 2 aromatic heterocycles. The zero-order chi connectivity index (χ0) is 14.4. The summed E-state index contributed by atoms with van der Waals surface area (Å²) in [6, 6.07) is 13.8. The second-order valence-corrected chi connectivity index (χ2v) is 5.01. The molecule has 0 saturated heterocycles. The van der Waals surface area contributed by atoms with E-state index < -0.39 is 0 Å². The molecule has 0 aliphatic heterocycles. The fraction of sp³-hybridized carbons (Fsp3) is 0. The highest BCUT2D eigenvalue weighted by molar-refractivity contribution is 7.71. The van der Waals surface area contributed by atoms with Crippen molar-refractivity contribution in [3.63, 3.8) is 0 Å². The highest BCUT2D eigenvalue weighted by atomic mass is 32.1. The molecule has 0 saturated carbocycles. The number of nitrogens with zero attached hydrogens (tertiary/aromatic N) is 3. The Morgan fingerprint density at radius 3 is 2.57 bits per heavy atom. The molecule has 21 heavy (non-hydrogen) atoms. The minimum Gasteiger partial charge on any atom is -0.273 e. The van der Waals surface area contributed by atoms with Gasteiger partial charge in [0.15, 0.2) is 11.5 Å². The molecule has 2 aromatic carbocycles. The van der Waals surface area contributed by atoms with Gasteiger partial charge in [-0.3, -0.25) is 5.10 Å². The number of nitrogens with one attached hydrogen (secondary N) is 1. The molecule has 4 rings (SSSR count). The molecule has 0 spiro atoms. The smallest absolute Gasteiger partial charge is 0.221 e. The number of hydrogen-bond donors (Lipinski definition) is 1. The van der Waals surface area contributed by atoms with Crippen molar-refractivity contribution in [1.82, 2.24) is 19.6 Å². The first-order valence-corrected chi connectivity index (χ1v) is 6.77. The summed E-state index contributed by atoms with van der Waals surface area (Å²) in [5, 5.41) is 4.02. The van der Waals surface area contributed by atoms with Gasteiger partial charge in [0.2, 0.25) is 4.77 Å². The van der Waals surface area contributed by atoms with Crippen LogP contribution in [0.5, 0.6) is 0 Å². The van der Waals surface area contributed by atoms with Gasteiger partial charge in [0.25, 0.3) is 0 Å². The highest BCUT2D eigenvalue weighted by Gasteiger charge is 2.09. The van der Waals surface area contributed by atoms with E-state index in [9.17, 15) is 4.39 Å². The van der Waals surface area contributed by atoms with Crippen LogP contribution in [0, 0.1) is 10.6 Å². The molecule has 0 unspecified atom stereocenters. The number of benzene rings is 2. The monoisotopic (exact) mass is 296 g/mol. The standard InChI is InChI=1S/C15H9FN4S/c16-10-7-5-9(6-8-10)13-18-14-11-3-1-2-4-12(11)17-15(21)20(14)19-13/h1-8H,(H,18,19). The lowest BCUT2D eigenvalue weighted by molar-refractivity contribution is 0.628. The van der Waals surface area contributed by atoms with Crippen molar-refractivity contribution in [2.75, 3.05) is 0 Å². The van der Waals surface area contributed by atoms with Gasteiger partial charge in [-0.2, -0.15) is 0 Å². The number of fused-ring (bicyclic) bond motifs is 3. The lowest BCUT2D eigenvalue weighted by Crippen LogP contribution is -1.94. The van der Waals surface area contributed by atoms with Crippen LogP contribution < -0.4 is 0 Å². The molecule has 4 nitrogen and oxygen atoms in total. The number of halogens is 1. The van der Waals surface area contributed by atoms with Crippen molar-refractivity contribution in [3.05, 3.63) is 59.1 Å². The maximum Gasteiger partial charge on any atom is 0.221 e. The van der Waals surface area contributed by atoms with Crippen molar-refractivity contribution in [3.8, 4) is 11.4 Å². The first-order valence-electron chi connectivity index (χ1n) is 6.36. The van der Waals surface area contributed by atoms with E-state index in [1.54, 1.807) is 16.6 Å². The normalized spacial score (nSPS) is 11.3. The van der Waals surface area contributed by atoms with Crippen LogP contribution in [0.4, 0.5) is 4.39 Å². The maximum atomic E-state index is 13.0. The van der Waals surface area contributed by atoms with Gasteiger partial charge in [-0.15, -0.1) is 0 Å². The molecule has 0 atom stereocenters. The molecule has 0 bridgehead atoms. The number of aromatic amines is 1. The van der Waals surface area contributed by atoms with Gasteiger partial charge in [0, 0.05) is 10.9 Å². The van der Waals surface area contributed by atoms with Crippen molar-refractivity contribution >= 4 is 28.8 Å². The van der Waals surface area contributed by atoms with Crippen LogP contribution in [-0.2, 0) is 0 Å². The maximum absolute atomic E-state index is 13.0. The fourth-order valence-electron chi connectivity index (χ4n) is 2.31. The van der Waals surface area contributed by atoms with Crippen LogP contribution in [0.15, 0.2) is 48.5 Å². The SMILES string of the molecule is Fc1ccc(-c2nc3c4ccccc4nc(=S)n3[nH]2)cc1. The third kappa shape index (κ3) is 1.92. The quantitative estimate of drug-likeness (QED) is 0.544. The van der Waals surface area contributed by atoms with Crippen LogP contribution >= 0.6 is 12.2 Å². The second-order valence-electron chi connectivity index (χ2n) is 4.65. The summed E-state index contributed by atoms with van der Waals surface area (Å²) < 4.78 is 15.1. The Morgan fingerprint density at radius 1 is 1.00 bits per heavy atom. The van der Waals surface area contributed by atoms with Crippen LogP contribution in [-0.4, -0.2) is 19.6 Å². The van der Waals surface area contributed by atoms with Crippen LogP contribution in [0.25, 0.3) is 27.9 Å². The van der Waals surface area contributed by atoms with Gasteiger partial charge >= 0.3 is 0 Å². The third-order valence-electron chi connectivity index (χ3n) is 3.32. The fourth-order valence-corrected chi connectivity index (χ4v) is 2.54. The minimum atomic E-state index is -0.279. The first kappa shape index (κ1) is 12.2. The summed E-state index contributed by atoms with van der Waals surface area (Å²) in [6.07, 6.45) is 0. The number of H-pyrrole nitrogens is 1. The summed E-state index contributed by atoms with van der Waals surface area (Å²) in [7, 11) is 0. The Hall–Kier alpha value is -2.60. The van der Waals surface area contributed by atoms with Gasteiger partial charge in [0.1, 0.15) is 5.82 Å². The molecule has 1 N–H and O–H groups in total. The molecule has 4 aromatic rings. The van der Waals surface area contributed by atoms with E-state index >= 15 is 0 Å². The summed E-state index contributed by atoms with van der Waals surface area (Å²) in [5.74, 6) is 0.345. The van der Waals surface area contributed by atoms with E-state index in [0.29, 0.717) is 16.2 Å². The second kappa shape index (κ2) is 4.46. The van der Waals surface area contributed by atoms with E-state index in [4.69, 9.17) is 12.2 Å². The zero-order valence-electron chi connectivity index (χ0n) is 10.7. The van der Waals surface area contributed by atoms with Crippen LogP contribution in [0.3, 0.4) is 0 Å². The lowest BCUT2D eigenvalue weighted by atomic mass is 10.2. The van der Waals surface area contributed by atoms with Crippen molar-refractivity contribution in [1.29, 1.82) is 0 Å². The predicted octanol–water partition coefficient (Wildman–Crippen LogP) is 3.75. The lowest BCUT2D eigenvalue weighted by Gasteiger charge is -1.98. The summed E-state index contributed by atoms with van der Waals surface area (Å²) in [6.45, 7) is 0. The molecule has 2 heterocycles. The topological polar surface area (TPSA) is 46.0 Å². The summed E-state index contributed by atoms with van der Waals surface area (Å²) in [4.78, 5) is 8.95. The Bertz CT molecular complexity index is 1020. The molecule has 0 fully saturated rings. The van der Waals surface area contributed by atoms with Gasteiger partial charge in [-0.05, 0) is 48.6 Å². The number of aromatic nitrogens is 4. The molecule has 0 radical (unpaired) electrons. The minimum absolute atomic E-state index is 0.279. The predicted molar refractivity (Wildman–Crippen MR) is 81.1 cm³/mol. The Morgan fingerprint density at radius 2 is 1.76 bits per heavy atom. The van der Waals surface area contributed by atoms with E-state index in [1.807, 2.05) is 24.3 Å². The Balaban J connectivity index is 2.05. The molecule has 0 amide bonds. The first-order chi connectivity index (χ1) is 10.2. The van der Waals surface area contributed by atoms with E-state index in [2.05, 4.69) is 15.1 Å². The van der Waals surface area contributed by atoms with Crippen molar-refractivity contribution in [2.45, 2.75) is 0 Å². The summed E-state index contributed by atoms with van der Waals surface area (Å²) in [5.41, 5.74) is 2.31. The largest absolute Gasteiger partial charge is 0.273 e. The van der Waals surface area contributed by atoms with E-state index in [-0.39, 0.29) is 5.82 Å². The third-order valence-corrected chi connectivity index (χ3v) is 3.59. The molecule has 0 aliphatic rings. The highest BCUT2D eigenvalue weighted by Crippen LogP contribution is 2.21. The Kier molecular flexibility index (Phi) is 2.58. The summed E-state index contributed by atoms with van der Waals surface area (Å²) >= 11 is 5.29. The van der Waals surface area contributed by atoms with Gasteiger partial charge in [-0.1, -0.05) is 12.1 Å². The average Bonchev–Trinajstić information content (AvgIpc) is 2.94. The molecule has 102 valence electrons. The number of hydrogen-bond acceptors (Lipinski definition) is 3. The van der Waals surface area contributed by atoms with Gasteiger partial charge in [0.05, 0.1) is 5.52 Å². The molecular weight excluding hydrogens is 287 g/mol. The van der Waals surface area contributed by atoms with Crippen LogP contribution in [0.2, 0.25) is 0 Å². The van der Waals surface area contributed by atoms with Crippen LogP contribution in [0.1, 0.15) is 0 Å². The van der Waals surface area contributed by atoms with E-state index in [1.165, 1.54) is 12.1 Å². The number of rotatable bonds is 1. The molecule has 6 heteroatoms. The molecular formula is C15H9FN4S. The zero-order valence-corrected chi connectivity index (χ0v) is 11.6. The van der Waals surface area contributed by atoms with Gasteiger partial charge < -0.3 is 0 Å². The van der Waals surface area contributed by atoms with Crippen molar-refractivity contribution in [2.24, 2.45) is 0 Å². The van der Waals surface area contributed by atoms with Crippen molar-refractivity contribution < 1.29 is 4.39 Å². The van der Waals surface area contributed by atoms with E-state index in [0.717, 1.165) is 16.5 Å². The average molecular weight is 296 g/mol. The Labute approximate surface area is 123 Å². The molecule has 0 aliphatic carbocycles. The number of para-hydroxylation sites is 1.